The number of aromatic nitrogens is 2. The number of hydrogen-bond donors (Lipinski definition) is 2. The summed E-state index contributed by atoms with van der Waals surface area (Å²) in [6.07, 6.45) is 4.93. The van der Waals surface area contributed by atoms with Crippen molar-refractivity contribution in [3.8, 4) is 0 Å². The summed E-state index contributed by atoms with van der Waals surface area (Å²) in [5.74, 6) is -0.376. The van der Waals surface area contributed by atoms with E-state index in [2.05, 4.69) is 10.2 Å². The van der Waals surface area contributed by atoms with Gasteiger partial charge in [-0.05, 0) is 32.1 Å². The van der Waals surface area contributed by atoms with Crippen LogP contribution in [0.2, 0.25) is 0 Å². The predicted molar refractivity (Wildman–Crippen MR) is 90.6 cm³/mol. The predicted octanol–water partition coefficient (Wildman–Crippen LogP) is -0.243. The fraction of sp³-hybridized carbons (Fsp3) is 0.750. The second-order valence-corrected chi connectivity index (χ2v) is 9.54. The molecule has 0 bridgehead atoms. The minimum Gasteiger partial charge on any atom is -0.389 e. The van der Waals surface area contributed by atoms with Crippen LogP contribution in [0.5, 0.6) is 0 Å². The highest BCUT2D eigenvalue weighted by Gasteiger charge is 2.47. The molecular formula is C16H24N4O4S. The number of aromatic amines is 1. The maximum absolute atomic E-state index is 12.9. The lowest BCUT2D eigenvalue weighted by Gasteiger charge is -2.49. The lowest BCUT2D eigenvalue weighted by molar-refractivity contribution is -0.0947. The molecule has 1 aromatic rings. The number of hydrogen-bond acceptors (Lipinski definition) is 5. The largest absolute Gasteiger partial charge is 0.389 e. The van der Waals surface area contributed by atoms with E-state index in [1.165, 1.54) is 10.6 Å². The van der Waals surface area contributed by atoms with E-state index in [4.69, 9.17) is 0 Å². The van der Waals surface area contributed by atoms with Crippen molar-refractivity contribution in [1.82, 2.24) is 19.4 Å². The molecule has 2 fully saturated rings. The third kappa shape index (κ3) is 2.88. The van der Waals surface area contributed by atoms with Crippen LogP contribution in [0.15, 0.2) is 0 Å². The number of amides is 1. The zero-order valence-corrected chi connectivity index (χ0v) is 15.2. The Morgan fingerprint density at radius 1 is 1.28 bits per heavy atom. The standard InChI is InChI=1S/C16H24N4O4S/c1-25(23,24)20-8-6-16(22)5-7-19(9-11(16)10-20)15(21)14-12-3-2-4-13(12)17-18-14/h11,22H,2-10H2,1H3,(H,17,18)/t11-,16-/m0/s1. The third-order valence-electron chi connectivity index (χ3n) is 6.00. The highest BCUT2D eigenvalue weighted by Crippen LogP contribution is 2.37. The van der Waals surface area contributed by atoms with E-state index in [1.807, 2.05) is 0 Å². The molecule has 0 unspecified atom stereocenters. The second kappa shape index (κ2) is 5.78. The number of carbonyl (C=O) groups is 1. The molecule has 2 aliphatic heterocycles. The molecule has 9 heteroatoms. The van der Waals surface area contributed by atoms with Gasteiger partial charge in [0.15, 0.2) is 5.69 Å². The number of fused-ring (bicyclic) bond motifs is 2. The molecule has 25 heavy (non-hydrogen) atoms. The Labute approximate surface area is 147 Å². The van der Waals surface area contributed by atoms with Crippen molar-refractivity contribution in [2.45, 2.75) is 37.7 Å². The molecule has 0 radical (unpaired) electrons. The van der Waals surface area contributed by atoms with E-state index in [0.29, 0.717) is 38.2 Å². The van der Waals surface area contributed by atoms with Gasteiger partial charge in [0.05, 0.1) is 11.9 Å². The molecule has 2 N–H and O–H groups in total. The SMILES string of the molecule is CS(=O)(=O)N1CC[C@@]2(O)CCN(C(=O)c3n[nH]c4c3CCC4)C[C@H]2C1. The van der Waals surface area contributed by atoms with E-state index in [1.54, 1.807) is 4.90 Å². The Morgan fingerprint density at radius 2 is 2.04 bits per heavy atom. The molecule has 3 aliphatic rings. The number of rotatable bonds is 2. The molecule has 1 aliphatic carbocycles. The van der Waals surface area contributed by atoms with Gasteiger partial charge in [0.25, 0.3) is 5.91 Å². The lowest BCUT2D eigenvalue weighted by atomic mass is 9.76. The van der Waals surface area contributed by atoms with Crippen molar-refractivity contribution in [3.05, 3.63) is 17.0 Å². The summed E-state index contributed by atoms with van der Waals surface area (Å²) in [6.45, 7) is 1.44. The van der Waals surface area contributed by atoms with Gasteiger partial charge >= 0.3 is 0 Å². The fourth-order valence-electron chi connectivity index (χ4n) is 4.40. The van der Waals surface area contributed by atoms with E-state index >= 15 is 0 Å². The van der Waals surface area contributed by atoms with Crippen molar-refractivity contribution in [2.75, 3.05) is 32.4 Å². The first kappa shape index (κ1) is 17.0. The van der Waals surface area contributed by atoms with Crippen molar-refractivity contribution >= 4 is 15.9 Å². The third-order valence-corrected chi connectivity index (χ3v) is 7.27. The average molecular weight is 368 g/mol. The first-order chi connectivity index (χ1) is 11.8. The topological polar surface area (TPSA) is 107 Å². The number of nitrogens with one attached hydrogen (secondary N) is 1. The van der Waals surface area contributed by atoms with Crippen LogP contribution in [0.25, 0.3) is 0 Å². The Morgan fingerprint density at radius 3 is 2.80 bits per heavy atom. The van der Waals surface area contributed by atoms with Crippen molar-refractivity contribution in [1.29, 1.82) is 0 Å². The molecule has 0 saturated carbocycles. The average Bonchev–Trinajstić information content (AvgIpc) is 3.15. The first-order valence-electron chi connectivity index (χ1n) is 8.81. The number of nitrogens with zero attached hydrogens (tertiary/aromatic N) is 3. The van der Waals surface area contributed by atoms with Crippen LogP contribution >= 0.6 is 0 Å². The van der Waals surface area contributed by atoms with Crippen LogP contribution in [0, 0.1) is 5.92 Å². The minimum atomic E-state index is -3.29. The fourth-order valence-corrected chi connectivity index (χ4v) is 5.28. The summed E-state index contributed by atoms with van der Waals surface area (Å²) in [4.78, 5) is 14.6. The van der Waals surface area contributed by atoms with Gasteiger partial charge in [0.2, 0.25) is 10.0 Å². The van der Waals surface area contributed by atoms with Crippen molar-refractivity contribution in [3.63, 3.8) is 0 Å². The number of sulfonamides is 1. The van der Waals surface area contributed by atoms with Crippen molar-refractivity contribution in [2.24, 2.45) is 5.92 Å². The first-order valence-corrected chi connectivity index (χ1v) is 10.7. The lowest BCUT2D eigenvalue weighted by Crippen LogP contribution is -2.61. The van der Waals surface area contributed by atoms with Gasteiger partial charge < -0.3 is 10.0 Å². The smallest absolute Gasteiger partial charge is 0.274 e. The molecule has 4 rings (SSSR count). The van der Waals surface area contributed by atoms with Crippen LogP contribution in [0.1, 0.15) is 41.0 Å². The quantitative estimate of drug-likeness (QED) is 0.749. The van der Waals surface area contributed by atoms with Gasteiger partial charge in [-0.3, -0.25) is 9.89 Å². The van der Waals surface area contributed by atoms with E-state index in [9.17, 15) is 18.3 Å². The zero-order valence-electron chi connectivity index (χ0n) is 14.4. The number of H-pyrrole nitrogens is 1. The second-order valence-electron chi connectivity index (χ2n) is 7.56. The van der Waals surface area contributed by atoms with E-state index in [0.717, 1.165) is 30.5 Å². The summed E-state index contributed by atoms with van der Waals surface area (Å²) < 4.78 is 25.1. The molecule has 2 saturated heterocycles. The number of aliphatic hydroxyl groups is 1. The Hall–Kier alpha value is -1.45. The maximum atomic E-state index is 12.9. The van der Waals surface area contributed by atoms with Crippen LogP contribution in [0.3, 0.4) is 0 Å². The van der Waals surface area contributed by atoms with Gasteiger partial charge in [-0.1, -0.05) is 0 Å². The molecular weight excluding hydrogens is 344 g/mol. The summed E-state index contributed by atoms with van der Waals surface area (Å²) in [5.41, 5.74) is 1.68. The highest BCUT2D eigenvalue weighted by molar-refractivity contribution is 7.88. The Kier molecular flexibility index (Phi) is 3.93. The summed E-state index contributed by atoms with van der Waals surface area (Å²) in [5, 5.41) is 18.0. The number of aryl methyl sites for hydroxylation is 1. The molecule has 138 valence electrons. The maximum Gasteiger partial charge on any atom is 0.274 e. The van der Waals surface area contributed by atoms with Crippen LogP contribution in [-0.4, -0.2) is 76.9 Å². The highest BCUT2D eigenvalue weighted by atomic mass is 32.2. The van der Waals surface area contributed by atoms with E-state index in [-0.39, 0.29) is 18.4 Å². The molecule has 0 aromatic carbocycles. The van der Waals surface area contributed by atoms with Crippen LogP contribution < -0.4 is 0 Å². The molecule has 0 spiro atoms. The molecule has 1 amide bonds. The number of piperidine rings is 2. The number of likely N-dealkylation sites (tertiary alicyclic amines) is 1. The molecule has 2 atom stereocenters. The molecule has 8 nitrogen and oxygen atoms in total. The van der Waals surface area contributed by atoms with E-state index < -0.39 is 15.6 Å². The Balaban J connectivity index is 1.53. The van der Waals surface area contributed by atoms with Gasteiger partial charge in [0, 0.05) is 43.4 Å². The molecule has 3 heterocycles. The van der Waals surface area contributed by atoms with Gasteiger partial charge in [-0.15, -0.1) is 0 Å². The van der Waals surface area contributed by atoms with Gasteiger partial charge in [0.1, 0.15) is 0 Å². The zero-order chi connectivity index (χ0) is 17.8. The van der Waals surface area contributed by atoms with Gasteiger partial charge in [-0.25, -0.2) is 12.7 Å². The molecule has 1 aromatic heterocycles. The Bertz CT molecular complexity index is 805. The van der Waals surface area contributed by atoms with Crippen LogP contribution in [0.4, 0.5) is 0 Å². The summed E-state index contributed by atoms with van der Waals surface area (Å²) in [6, 6.07) is 0. The minimum absolute atomic E-state index is 0.113. The summed E-state index contributed by atoms with van der Waals surface area (Å²) >= 11 is 0. The number of carbonyl (C=O) groups excluding carboxylic acids is 1. The monoisotopic (exact) mass is 368 g/mol. The van der Waals surface area contributed by atoms with Crippen molar-refractivity contribution < 1.29 is 18.3 Å². The summed E-state index contributed by atoms with van der Waals surface area (Å²) in [7, 11) is -3.29. The van der Waals surface area contributed by atoms with Crippen LogP contribution in [-0.2, 0) is 22.9 Å². The van der Waals surface area contributed by atoms with Gasteiger partial charge in [-0.2, -0.15) is 5.10 Å². The normalized spacial score (nSPS) is 30.2.